The number of ether oxygens (including phenoxy) is 1. The largest absolute Gasteiger partial charge is 0.507 e. The summed E-state index contributed by atoms with van der Waals surface area (Å²) in [6.07, 6.45) is 12.5. The molecule has 3 N–H and O–H groups in total. The number of hydrogen-bond acceptors (Lipinski definition) is 5. The maximum atomic E-state index is 11.5. The number of hydrogen-bond donors (Lipinski definition) is 3. The number of esters is 1. The molecule has 0 aliphatic carbocycles. The Morgan fingerprint density at radius 3 is 2.28 bits per heavy atom. The van der Waals surface area contributed by atoms with Crippen molar-refractivity contribution >= 4 is 18.0 Å². The van der Waals surface area contributed by atoms with E-state index >= 15 is 0 Å². The van der Waals surface area contributed by atoms with Crippen LogP contribution in [0.5, 0.6) is 11.5 Å². The molecule has 0 bridgehead atoms. The molecule has 0 aromatic heterocycles. The molecule has 6 heteroatoms. The third kappa shape index (κ3) is 9.51. The Morgan fingerprint density at radius 1 is 0.906 bits per heavy atom. The molecule has 0 heterocycles. The first kappa shape index (κ1) is 26.5. The average Bonchev–Trinajstić information content (AvgIpc) is 2.78. The second kappa shape index (κ2) is 15.3. The number of phenolic OH excluding ortho intramolecular Hbond substituents is 1. The van der Waals surface area contributed by atoms with Crippen LogP contribution in [-0.2, 0) is 4.74 Å². The van der Waals surface area contributed by atoms with Gasteiger partial charge in [-0.15, -0.1) is 0 Å². The van der Waals surface area contributed by atoms with Gasteiger partial charge in [-0.25, -0.2) is 9.59 Å². The van der Waals surface area contributed by atoms with E-state index in [9.17, 15) is 19.8 Å². The van der Waals surface area contributed by atoms with Crippen LogP contribution in [0.4, 0.5) is 0 Å². The molecule has 32 heavy (non-hydrogen) atoms. The third-order valence-electron chi connectivity index (χ3n) is 4.36. The summed E-state index contributed by atoms with van der Waals surface area (Å²) in [7, 11) is 0. The van der Waals surface area contributed by atoms with E-state index in [0.29, 0.717) is 18.6 Å². The number of benzene rings is 2. The van der Waals surface area contributed by atoms with Crippen LogP contribution in [0.25, 0.3) is 6.08 Å². The lowest BCUT2D eigenvalue weighted by Gasteiger charge is -2.04. The highest BCUT2D eigenvalue weighted by atomic mass is 16.5. The zero-order valence-corrected chi connectivity index (χ0v) is 18.7. The van der Waals surface area contributed by atoms with Gasteiger partial charge in [0.25, 0.3) is 0 Å². The topological polar surface area (TPSA) is 104 Å². The zero-order chi connectivity index (χ0) is 23.8. The van der Waals surface area contributed by atoms with Gasteiger partial charge in [0.05, 0.1) is 6.61 Å². The summed E-state index contributed by atoms with van der Waals surface area (Å²) < 4.78 is 5.01. The lowest BCUT2D eigenvalue weighted by atomic mass is 10.1. The molecule has 0 atom stereocenters. The second-order valence-corrected chi connectivity index (χ2v) is 6.91. The molecule has 0 aliphatic rings. The monoisotopic (exact) mass is 440 g/mol. The predicted octanol–water partition coefficient (Wildman–Crippen LogP) is 6.20. The van der Waals surface area contributed by atoms with Crippen molar-refractivity contribution in [1.29, 1.82) is 0 Å². The number of carbonyl (C=O) groups excluding carboxylic acids is 1. The summed E-state index contributed by atoms with van der Waals surface area (Å²) in [5.74, 6) is -1.80. The van der Waals surface area contributed by atoms with Gasteiger partial charge in [-0.05, 0) is 37.5 Å². The van der Waals surface area contributed by atoms with Crippen molar-refractivity contribution in [2.75, 3.05) is 6.61 Å². The molecular weight excluding hydrogens is 408 g/mol. The van der Waals surface area contributed by atoms with E-state index in [0.717, 1.165) is 25.7 Å². The van der Waals surface area contributed by atoms with Gasteiger partial charge >= 0.3 is 11.9 Å². The lowest BCUT2D eigenvalue weighted by molar-refractivity contribution is 0.0507. The van der Waals surface area contributed by atoms with Crippen molar-refractivity contribution in [2.24, 2.45) is 0 Å². The number of phenols is 2. The molecule has 2 aromatic carbocycles. The molecule has 0 aliphatic heterocycles. The molecule has 0 spiro atoms. The Bertz CT molecular complexity index is 914. The number of aromatic carboxylic acids is 1. The smallest absolute Gasteiger partial charge is 0.341 e. The van der Waals surface area contributed by atoms with Crippen LogP contribution in [0, 0.1) is 0 Å². The molecule has 2 rings (SSSR count). The SMILES string of the molecule is CCC=CCCOC(=O)c1ccccc1O.CCCC/C=C\c1cccc(C(=O)O)c1O. The summed E-state index contributed by atoms with van der Waals surface area (Å²) in [6.45, 7) is 4.49. The van der Waals surface area contributed by atoms with Gasteiger partial charge < -0.3 is 20.1 Å². The second-order valence-electron chi connectivity index (χ2n) is 6.91. The van der Waals surface area contributed by atoms with Crippen molar-refractivity contribution in [3.05, 3.63) is 77.4 Å². The Labute approximate surface area is 189 Å². The summed E-state index contributed by atoms with van der Waals surface area (Å²) in [5, 5.41) is 27.9. The minimum Gasteiger partial charge on any atom is -0.507 e. The minimum atomic E-state index is -1.11. The summed E-state index contributed by atoms with van der Waals surface area (Å²) >= 11 is 0. The molecule has 172 valence electrons. The molecule has 2 aromatic rings. The molecule has 0 unspecified atom stereocenters. The van der Waals surface area contributed by atoms with Crippen molar-refractivity contribution in [3.63, 3.8) is 0 Å². The van der Waals surface area contributed by atoms with E-state index in [1.807, 2.05) is 25.2 Å². The molecule has 0 saturated carbocycles. The number of carbonyl (C=O) groups is 2. The van der Waals surface area contributed by atoms with Gasteiger partial charge in [-0.3, -0.25) is 0 Å². The van der Waals surface area contributed by atoms with Gasteiger partial charge in [0, 0.05) is 5.56 Å². The van der Waals surface area contributed by atoms with E-state index < -0.39 is 11.9 Å². The predicted molar refractivity (Wildman–Crippen MR) is 126 cm³/mol. The molecule has 6 nitrogen and oxygen atoms in total. The third-order valence-corrected chi connectivity index (χ3v) is 4.36. The van der Waals surface area contributed by atoms with E-state index in [1.165, 1.54) is 12.1 Å². The van der Waals surface area contributed by atoms with E-state index in [2.05, 4.69) is 6.92 Å². The fourth-order valence-corrected chi connectivity index (χ4v) is 2.63. The number of allylic oxidation sites excluding steroid dienone is 2. The average molecular weight is 441 g/mol. The standard InChI is InChI=1S/2C13H16O3/c1-2-3-4-7-10-16-13(15)11-8-5-6-9-12(11)14;1-2-3-4-5-7-10-8-6-9-11(12(10)14)13(15)16/h3-6,8-9,14H,2,7,10H2,1H3;5-9,14H,2-4H2,1H3,(H,15,16)/b;7-5-. The van der Waals surface area contributed by atoms with E-state index in [-0.39, 0.29) is 22.6 Å². The number of rotatable bonds is 10. The Hall–Kier alpha value is -3.54. The number of unbranched alkanes of at least 4 members (excludes halogenated alkanes) is 2. The first-order valence-corrected chi connectivity index (χ1v) is 10.7. The molecular formula is C26H32O6. The van der Waals surface area contributed by atoms with Gasteiger partial charge in [0.2, 0.25) is 0 Å². The fraction of sp³-hybridized carbons (Fsp3) is 0.308. The Morgan fingerprint density at radius 2 is 1.62 bits per heavy atom. The highest BCUT2D eigenvalue weighted by molar-refractivity contribution is 5.92. The number of carboxylic acid groups (broad SMARTS) is 1. The summed E-state index contributed by atoms with van der Waals surface area (Å²) in [4.78, 5) is 22.3. The van der Waals surface area contributed by atoms with Crippen LogP contribution in [0.2, 0.25) is 0 Å². The summed E-state index contributed by atoms with van der Waals surface area (Å²) in [5.41, 5.74) is 0.704. The Balaban J connectivity index is 0.000000320. The number of carboxylic acids is 1. The Kier molecular flexibility index (Phi) is 12.7. The van der Waals surface area contributed by atoms with Crippen LogP contribution in [0.1, 0.15) is 72.2 Å². The molecule has 0 amide bonds. The van der Waals surface area contributed by atoms with Gasteiger partial charge in [0.15, 0.2) is 0 Å². The van der Waals surface area contributed by atoms with Crippen molar-refractivity contribution in [2.45, 2.75) is 46.0 Å². The van der Waals surface area contributed by atoms with Crippen LogP contribution in [0.15, 0.2) is 60.7 Å². The number of para-hydroxylation sites is 2. The summed E-state index contributed by atoms with van der Waals surface area (Å²) in [6, 6.07) is 11.1. The van der Waals surface area contributed by atoms with Crippen molar-refractivity contribution in [1.82, 2.24) is 0 Å². The van der Waals surface area contributed by atoms with Crippen LogP contribution >= 0.6 is 0 Å². The molecule has 0 radical (unpaired) electrons. The van der Waals surface area contributed by atoms with Gasteiger partial charge in [-0.2, -0.15) is 0 Å². The maximum absolute atomic E-state index is 11.5. The van der Waals surface area contributed by atoms with Crippen molar-refractivity contribution < 1.29 is 29.6 Å². The fourth-order valence-electron chi connectivity index (χ4n) is 2.63. The maximum Gasteiger partial charge on any atom is 0.341 e. The van der Waals surface area contributed by atoms with Crippen LogP contribution < -0.4 is 0 Å². The van der Waals surface area contributed by atoms with Crippen molar-refractivity contribution in [3.8, 4) is 11.5 Å². The zero-order valence-electron chi connectivity index (χ0n) is 18.7. The highest BCUT2D eigenvalue weighted by Gasteiger charge is 2.11. The quantitative estimate of drug-likeness (QED) is 0.231. The normalized spacial score (nSPS) is 10.7. The molecule has 0 saturated heterocycles. The first-order chi connectivity index (χ1) is 15.4. The first-order valence-electron chi connectivity index (χ1n) is 10.7. The number of aromatic hydroxyl groups is 2. The molecule has 0 fully saturated rings. The van der Waals surface area contributed by atoms with Crippen LogP contribution in [0.3, 0.4) is 0 Å². The van der Waals surface area contributed by atoms with E-state index in [1.54, 1.807) is 36.4 Å². The van der Waals surface area contributed by atoms with E-state index in [4.69, 9.17) is 9.84 Å². The minimum absolute atomic E-state index is 0.0448. The highest BCUT2D eigenvalue weighted by Crippen LogP contribution is 2.23. The van der Waals surface area contributed by atoms with Gasteiger partial charge in [0.1, 0.15) is 22.6 Å². The lowest BCUT2D eigenvalue weighted by Crippen LogP contribution is -2.06. The van der Waals surface area contributed by atoms with Gasteiger partial charge in [-0.1, -0.05) is 75.3 Å². The van der Waals surface area contributed by atoms with Crippen LogP contribution in [-0.4, -0.2) is 33.9 Å².